The number of methoxy groups -OCH3 is 1. The van der Waals surface area contributed by atoms with Crippen molar-refractivity contribution in [3.8, 4) is 5.75 Å². The number of nitrogens with zero attached hydrogens (tertiary/aromatic N) is 2. The van der Waals surface area contributed by atoms with Crippen LogP contribution in [-0.4, -0.2) is 82.0 Å². The summed E-state index contributed by atoms with van der Waals surface area (Å²) in [7, 11) is 1.64. The molecule has 0 saturated carbocycles. The fraction of sp³-hybridized carbons (Fsp3) is 0.690. The molecule has 0 bridgehead atoms. The van der Waals surface area contributed by atoms with Gasteiger partial charge >= 0.3 is 0 Å². The van der Waals surface area contributed by atoms with Crippen LogP contribution < -0.4 is 25.2 Å². The third-order valence-corrected chi connectivity index (χ3v) is 7.15. The summed E-state index contributed by atoms with van der Waals surface area (Å²) in [6.07, 6.45) is 1.14. The molecule has 2 aliphatic heterocycles. The van der Waals surface area contributed by atoms with E-state index in [1.165, 1.54) is 0 Å². The van der Waals surface area contributed by atoms with Crippen LogP contribution in [0.1, 0.15) is 54.4 Å². The summed E-state index contributed by atoms with van der Waals surface area (Å²) in [5.74, 6) is -0.305. The molecule has 39 heavy (non-hydrogen) atoms. The van der Waals surface area contributed by atoms with E-state index in [1.54, 1.807) is 30.8 Å². The molecule has 0 unspecified atom stereocenters. The third-order valence-electron chi connectivity index (χ3n) is 7.15. The number of benzene rings is 1. The van der Waals surface area contributed by atoms with Crippen LogP contribution in [0.25, 0.3) is 0 Å². The number of piperidine rings is 1. The molecule has 3 rings (SSSR count). The molecule has 2 N–H and O–H groups in total. The van der Waals surface area contributed by atoms with Crippen molar-refractivity contribution < 1.29 is 28.6 Å². The first-order valence-electron chi connectivity index (χ1n) is 14.1. The fourth-order valence-electron chi connectivity index (χ4n) is 5.20. The van der Waals surface area contributed by atoms with Gasteiger partial charge in [-0.15, -0.1) is 0 Å². The van der Waals surface area contributed by atoms with Crippen molar-refractivity contribution in [3.63, 3.8) is 0 Å². The van der Waals surface area contributed by atoms with Crippen molar-refractivity contribution in [2.45, 2.75) is 72.1 Å². The molecule has 10 heteroatoms. The Labute approximate surface area is 232 Å². The highest BCUT2D eigenvalue weighted by Crippen LogP contribution is 2.41. The summed E-state index contributed by atoms with van der Waals surface area (Å²) in [6, 6.07) is 5.34. The van der Waals surface area contributed by atoms with Gasteiger partial charge in [0, 0.05) is 57.7 Å². The van der Waals surface area contributed by atoms with Gasteiger partial charge in [0.05, 0.1) is 24.1 Å². The van der Waals surface area contributed by atoms with Crippen LogP contribution in [0.3, 0.4) is 0 Å². The fourth-order valence-corrected chi connectivity index (χ4v) is 5.20. The Bertz CT molecular complexity index is 1010. The number of hydrogen-bond donors (Lipinski definition) is 2. The van der Waals surface area contributed by atoms with Gasteiger partial charge in [0.25, 0.3) is 5.91 Å². The van der Waals surface area contributed by atoms with Crippen LogP contribution in [-0.2, 0) is 23.9 Å². The number of fused-ring (bicyclic) bond motifs is 1. The van der Waals surface area contributed by atoms with Crippen LogP contribution in [0.15, 0.2) is 18.2 Å². The van der Waals surface area contributed by atoms with E-state index < -0.39 is 5.60 Å². The highest BCUT2D eigenvalue weighted by molar-refractivity contribution is 6.04. The number of ether oxygens (including phenoxy) is 3. The molecule has 2 heterocycles. The lowest BCUT2D eigenvalue weighted by Gasteiger charge is -2.40. The van der Waals surface area contributed by atoms with E-state index in [9.17, 15) is 14.4 Å². The molecule has 10 nitrogen and oxygen atoms in total. The van der Waals surface area contributed by atoms with Crippen molar-refractivity contribution in [3.05, 3.63) is 18.2 Å². The van der Waals surface area contributed by atoms with Gasteiger partial charge in [-0.05, 0) is 72.6 Å². The Morgan fingerprint density at radius 1 is 1.23 bits per heavy atom. The second kappa shape index (κ2) is 13.6. The molecule has 1 aromatic rings. The molecule has 1 saturated heterocycles. The molecule has 2 aliphatic rings. The number of nitrogens with one attached hydrogen (secondary N) is 2. The first kappa shape index (κ1) is 30.8. The van der Waals surface area contributed by atoms with Crippen molar-refractivity contribution >= 4 is 29.1 Å². The number of anilines is 2. The zero-order valence-corrected chi connectivity index (χ0v) is 24.5. The topological polar surface area (TPSA) is 109 Å². The maximum absolute atomic E-state index is 13.9. The van der Waals surface area contributed by atoms with Crippen molar-refractivity contribution in [1.29, 1.82) is 0 Å². The van der Waals surface area contributed by atoms with Crippen LogP contribution >= 0.6 is 0 Å². The zero-order chi connectivity index (χ0) is 28.7. The summed E-state index contributed by atoms with van der Waals surface area (Å²) in [6.45, 7) is 14.4. The molecule has 0 aliphatic carbocycles. The lowest BCUT2D eigenvalue weighted by molar-refractivity contribution is -0.132. The maximum Gasteiger partial charge on any atom is 0.270 e. The van der Waals surface area contributed by atoms with Crippen molar-refractivity contribution in [2.75, 3.05) is 56.4 Å². The summed E-state index contributed by atoms with van der Waals surface area (Å²) in [5.41, 5.74) is 0.353. The van der Waals surface area contributed by atoms with E-state index in [4.69, 9.17) is 14.2 Å². The maximum atomic E-state index is 13.9. The molecular formula is C29H46N4O6. The van der Waals surface area contributed by atoms with Crippen LogP contribution in [0, 0.1) is 11.8 Å². The molecule has 218 valence electrons. The quantitative estimate of drug-likeness (QED) is 0.388. The number of carbonyl (C=O) groups excluding carboxylic acids is 3. The normalized spacial score (nSPS) is 21.2. The third kappa shape index (κ3) is 7.49. The first-order chi connectivity index (χ1) is 18.5. The standard InChI is InChI=1S/C29H46N4O6/c1-8-38-18-20(4)31-26(34)21-14-22(17-30-16-21)27(35)33(19(2)3)23-10-11-25-24(15-23)32(12-9-13-37-7)28(36)29(5,6)39-25/h10-11,15,19-22,30H,8-9,12-14,16-18H2,1-7H3,(H,31,34)/t20-,21+,22-/m1/s1. The molecule has 3 atom stereocenters. The minimum absolute atomic E-state index is 0.0494. The Morgan fingerprint density at radius 3 is 2.62 bits per heavy atom. The lowest BCUT2D eigenvalue weighted by atomic mass is 9.88. The largest absolute Gasteiger partial charge is 0.476 e. The minimum atomic E-state index is -0.987. The molecule has 1 aromatic carbocycles. The van der Waals surface area contributed by atoms with Gasteiger partial charge in [0.1, 0.15) is 5.75 Å². The van der Waals surface area contributed by atoms with E-state index >= 15 is 0 Å². The summed E-state index contributed by atoms with van der Waals surface area (Å²) >= 11 is 0. The van der Waals surface area contributed by atoms with Gasteiger partial charge in [-0.25, -0.2) is 0 Å². The van der Waals surface area contributed by atoms with Crippen LogP contribution in [0.4, 0.5) is 11.4 Å². The Kier molecular flexibility index (Phi) is 10.7. The number of amides is 3. The van der Waals surface area contributed by atoms with Gasteiger partial charge in [0.15, 0.2) is 5.60 Å². The second-order valence-electron chi connectivity index (χ2n) is 11.2. The molecule has 1 fully saturated rings. The average Bonchev–Trinajstić information content (AvgIpc) is 2.89. The highest BCUT2D eigenvalue weighted by atomic mass is 16.5. The number of carbonyl (C=O) groups is 3. The number of rotatable bonds is 12. The van der Waals surface area contributed by atoms with E-state index in [1.807, 2.05) is 45.9 Å². The van der Waals surface area contributed by atoms with Crippen LogP contribution in [0.2, 0.25) is 0 Å². The average molecular weight is 547 g/mol. The van der Waals surface area contributed by atoms with Gasteiger partial charge < -0.3 is 34.6 Å². The Morgan fingerprint density at radius 2 is 1.95 bits per heavy atom. The highest BCUT2D eigenvalue weighted by Gasteiger charge is 2.41. The summed E-state index contributed by atoms with van der Waals surface area (Å²) < 4.78 is 16.7. The molecular weight excluding hydrogens is 500 g/mol. The molecule has 0 radical (unpaired) electrons. The van der Waals surface area contributed by atoms with Gasteiger partial charge in [-0.2, -0.15) is 0 Å². The zero-order valence-electron chi connectivity index (χ0n) is 24.5. The lowest BCUT2D eigenvalue weighted by Crippen LogP contribution is -2.53. The summed E-state index contributed by atoms with van der Waals surface area (Å²) in [5, 5.41) is 6.29. The van der Waals surface area contributed by atoms with Gasteiger partial charge in [-0.1, -0.05) is 0 Å². The molecule has 0 spiro atoms. The molecule has 3 amide bonds. The van der Waals surface area contributed by atoms with E-state index in [0.29, 0.717) is 69.4 Å². The van der Waals surface area contributed by atoms with Crippen LogP contribution in [0.5, 0.6) is 5.75 Å². The Balaban J connectivity index is 1.81. The van der Waals surface area contributed by atoms with E-state index in [-0.39, 0.29) is 41.6 Å². The minimum Gasteiger partial charge on any atom is -0.476 e. The van der Waals surface area contributed by atoms with Crippen molar-refractivity contribution in [2.24, 2.45) is 11.8 Å². The summed E-state index contributed by atoms with van der Waals surface area (Å²) in [4.78, 5) is 43.6. The predicted molar refractivity (Wildman–Crippen MR) is 151 cm³/mol. The van der Waals surface area contributed by atoms with Gasteiger partial charge in [-0.3, -0.25) is 14.4 Å². The number of hydrogen-bond acceptors (Lipinski definition) is 7. The monoisotopic (exact) mass is 546 g/mol. The first-order valence-corrected chi connectivity index (χ1v) is 14.1. The second-order valence-corrected chi connectivity index (χ2v) is 11.2. The SMILES string of the molecule is CCOC[C@@H](C)NC(=O)[C@@H]1CNC[C@H](C(=O)N(c2ccc3c(c2)N(CCCOC)C(=O)C(C)(C)O3)C(C)C)C1. The molecule has 0 aromatic heterocycles. The van der Waals surface area contributed by atoms with E-state index in [2.05, 4.69) is 10.6 Å². The van der Waals surface area contributed by atoms with Crippen molar-refractivity contribution in [1.82, 2.24) is 10.6 Å². The Hall–Kier alpha value is -2.69. The van der Waals surface area contributed by atoms with E-state index in [0.717, 1.165) is 0 Å². The predicted octanol–water partition coefficient (Wildman–Crippen LogP) is 2.74. The van der Waals surface area contributed by atoms with Gasteiger partial charge in [0.2, 0.25) is 11.8 Å². The smallest absolute Gasteiger partial charge is 0.270 e.